The number of aromatic amines is 1. The molecule has 1 aliphatic rings. The van der Waals surface area contributed by atoms with E-state index < -0.39 is 0 Å². The first-order valence-corrected chi connectivity index (χ1v) is 8.59. The van der Waals surface area contributed by atoms with Gasteiger partial charge >= 0.3 is 0 Å². The summed E-state index contributed by atoms with van der Waals surface area (Å²) in [7, 11) is 0. The summed E-state index contributed by atoms with van der Waals surface area (Å²) >= 11 is 3.89. The molecule has 104 valence electrons. The highest BCUT2D eigenvalue weighted by atomic mass is 32.2. The zero-order chi connectivity index (χ0) is 14.3. The Hall–Kier alpha value is -1.58. The lowest BCUT2D eigenvalue weighted by molar-refractivity contribution is 1.08. The van der Waals surface area contributed by atoms with Crippen molar-refractivity contribution >= 4 is 23.5 Å². The van der Waals surface area contributed by atoms with Crippen molar-refractivity contribution in [1.29, 1.82) is 0 Å². The molecule has 3 heteroatoms. The Bertz CT molecular complexity index is 735. The van der Waals surface area contributed by atoms with Crippen LogP contribution in [0.15, 0.2) is 76.8 Å². The first-order valence-electron chi connectivity index (χ1n) is 6.95. The number of hydrogen-bond acceptors (Lipinski definition) is 2. The van der Waals surface area contributed by atoms with Crippen LogP contribution in [-0.2, 0) is 4.08 Å². The molecule has 21 heavy (non-hydrogen) atoms. The molecule has 1 N–H and O–H groups in total. The number of thioether (sulfide) groups is 2. The molecule has 0 unspecified atom stereocenters. The molecule has 0 radical (unpaired) electrons. The fourth-order valence-corrected chi connectivity index (χ4v) is 5.86. The summed E-state index contributed by atoms with van der Waals surface area (Å²) in [5.41, 5.74) is 3.96. The number of aryl methyl sites for hydroxylation is 1. The average molecular weight is 309 g/mol. The van der Waals surface area contributed by atoms with Gasteiger partial charge in [-0.15, -0.1) is 0 Å². The summed E-state index contributed by atoms with van der Waals surface area (Å²) < 4.78 is -0.0859. The van der Waals surface area contributed by atoms with Gasteiger partial charge in [0.25, 0.3) is 0 Å². The Balaban J connectivity index is 1.88. The Morgan fingerprint density at radius 1 is 0.810 bits per heavy atom. The highest BCUT2D eigenvalue weighted by Crippen LogP contribution is 2.64. The second-order valence-corrected chi connectivity index (χ2v) is 8.00. The van der Waals surface area contributed by atoms with E-state index in [4.69, 9.17) is 0 Å². The maximum atomic E-state index is 3.21. The van der Waals surface area contributed by atoms with Crippen molar-refractivity contribution in [3.63, 3.8) is 0 Å². The molecular formula is C18H15NS2. The van der Waals surface area contributed by atoms with Crippen LogP contribution in [0.4, 0.5) is 0 Å². The third-order valence-corrected chi connectivity index (χ3v) is 7.06. The van der Waals surface area contributed by atoms with Crippen LogP contribution in [0.2, 0.25) is 0 Å². The molecule has 4 rings (SSSR count). The fraction of sp³-hybridized carbons (Fsp3) is 0.111. The van der Waals surface area contributed by atoms with Gasteiger partial charge in [-0.25, -0.2) is 0 Å². The standard InChI is InChI=1S/C18H15NS2/c1-13-6-8-14(9-7-13)18(15-10-11-19-12-15)20-16-4-2-3-5-17(16)21-18/h2-12,19H,1H3. The Labute approximate surface area is 133 Å². The van der Waals surface area contributed by atoms with Crippen molar-refractivity contribution in [2.24, 2.45) is 0 Å². The third-order valence-electron chi connectivity index (χ3n) is 3.77. The van der Waals surface area contributed by atoms with Gasteiger partial charge in [-0.05, 0) is 30.7 Å². The van der Waals surface area contributed by atoms with Gasteiger partial charge < -0.3 is 4.98 Å². The van der Waals surface area contributed by atoms with Crippen LogP contribution in [0, 0.1) is 6.92 Å². The lowest BCUT2D eigenvalue weighted by Gasteiger charge is -2.27. The van der Waals surface area contributed by atoms with Gasteiger partial charge in [0.1, 0.15) is 4.08 Å². The monoisotopic (exact) mass is 309 g/mol. The topological polar surface area (TPSA) is 15.8 Å². The van der Waals surface area contributed by atoms with Gasteiger partial charge in [0, 0.05) is 27.7 Å². The van der Waals surface area contributed by atoms with Gasteiger partial charge in [-0.1, -0.05) is 65.5 Å². The number of aromatic nitrogens is 1. The molecule has 0 amide bonds. The van der Waals surface area contributed by atoms with Crippen LogP contribution in [0.25, 0.3) is 0 Å². The van der Waals surface area contributed by atoms with Crippen LogP contribution >= 0.6 is 23.5 Å². The summed E-state index contributed by atoms with van der Waals surface area (Å²) in [6.07, 6.45) is 4.13. The minimum atomic E-state index is -0.0859. The van der Waals surface area contributed by atoms with Crippen LogP contribution in [0.5, 0.6) is 0 Å². The van der Waals surface area contributed by atoms with Crippen molar-refractivity contribution in [3.05, 3.63) is 83.7 Å². The Morgan fingerprint density at radius 3 is 2.05 bits per heavy atom. The van der Waals surface area contributed by atoms with Crippen LogP contribution in [0.3, 0.4) is 0 Å². The summed E-state index contributed by atoms with van der Waals surface area (Å²) in [5, 5.41) is 0. The third kappa shape index (κ3) is 2.12. The summed E-state index contributed by atoms with van der Waals surface area (Å²) in [4.78, 5) is 5.94. The largest absolute Gasteiger partial charge is 0.367 e. The van der Waals surface area contributed by atoms with Gasteiger partial charge in [0.05, 0.1) is 0 Å². The van der Waals surface area contributed by atoms with Crippen LogP contribution in [-0.4, -0.2) is 4.98 Å². The number of nitrogens with one attached hydrogen (secondary N) is 1. The van der Waals surface area contributed by atoms with E-state index in [1.807, 2.05) is 29.7 Å². The normalized spacial score (nSPS) is 15.9. The lowest BCUT2D eigenvalue weighted by Crippen LogP contribution is -2.15. The predicted molar refractivity (Wildman–Crippen MR) is 90.9 cm³/mol. The summed E-state index contributed by atoms with van der Waals surface area (Å²) in [5.74, 6) is 0. The second-order valence-electron chi connectivity index (χ2n) is 5.23. The quantitative estimate of drug-likeness (QED) is 0.680. The minimum Gasteiger partial charge on any atom is -0.367 e. The molecule has 0 spiro atoms. The average Bonchev–Trinajstić information content (AvgIpc) is 3.16. The van der Waals surface area contributed by atoms with Crippen molar-refractivity contribution in [2.45, 2.75) is 20.8 Å². The molecule has 1 aromatic heterocycles. The van der Waals surface area contributed by atoms with E-state index in [1.165, 1.54) is 26.5 Å². The number of hydrogen-bond donors (Lipinski definition) is 1. The molecule has 0 atom stereocenters. The smallest absolute Gasteiger partial charge is 0.122 e. The van der Waals surface area contributed by atoms with E-state index in [0.29, 0.717) is 0 Å². The highest BCUT2D eigenvalue weighted by molar-refractivity contribution is 8.20. The molecule has 2 aromatic carbocycles. The molecule has 0 saturated heterocycles. The summed E-state index contributed by atoms with van der Waals surface area (Å²) in [6, 6.07) is 19.8. The van der Waals surface area contributed by atoms with E-state index in [0.717, 1.165) is 0 Å². The van der Waals surface area contributed by atoms with E-state index in [2.05, 4.69) is 72.7 Å². The van der Waals surface area contributed by atoms with Crippen LogP contribution < -0.4 is 0 Å². The van der Waals surface area contributed by atoms with E-state index in [-0.39, 0.29) is 4.08 Å². The zero-order valence-corrected chi connectivity index (χ0v) is 13.3. The predicted octanol–water partition coefficient (Wildman–Crippen LogP) is 5.42. The van der Waals surface area contributed by atoms with Crippen molar-refractivity contribution in [3.8, 4) is 0 Å². The van der Waals surface area contributed by atoms with Crippen molar-refractivity contribution < 1.29 is 0 Å². The van der Waals surface area contributed by atoms with Crippen LogP contribution in [0.1, 0.15) is 16.7 Å². The second kappa shape index (κ2) is 5.00. The number of benzene rings is 2. The van der Waals surface area contributed by atoms with Crippen molar-refractivity contribution in [1.82, 2.24) is 4.98 Å². The Kier molecular flexibility index (Phi) is 3.12. The molecule has 1 aliphatic heterocycles. The summed E-state index contributed by atoms with van der Waals surface area (Å²) in [6.45, 7) is 2.14. The van der Waals surface area contributed by atoms with E-state index >= 15 is 0 Å². The zero-order valence-electron chi connectivity index (χ0n) is 11.7. The minimum absolute atomic E-state index is 0.0859. The molecule has 0 aliphatic carbocycles. The SMILES string of the molecule is Cc1ccc(C2(c3cc[nH]c3)Sc3ccccc3S2)cc1. The molecular weight excluding hydrogens is 294 g/mol. The molecule has 0 saturated carbocycles. The number of rotatable bonds is 2. The van der Waals surface area contributed by atoms with Crippen molar-refractivity contribution in [2.75, 3.05) is 0 Å². The van der Waals surface area contributed by atoms with Gasteiger partial charge in [0.15, 0.2) is 0 Å². The first-order chi connectivity index (χ1) is 10.3. The molecule has 0 bridgehead atoms. The molecule has 1 nitrogen and oxygen atoms in total. The van der Waals surface area contributed by atoms with E-state index in [1.54, 1.807) is 0 Å². The molecule has 0 fully saturated rings. The maximum Gasteiger partial charge on any atom is 0.122 e. The fourth-order valence-electron chi connectivity index (χ4n) is 2.65. The Morgan fingerprint density at radius 2 is 1.48 bits per heavy atom. The maximum absolute atomic E-state index is 3.21. The van der Waals surface area contributed by atoms with E-state index in [9.17, 15) is 0 Å². The molecule has 2 heterocycles. The van der Waals surface area contributed by atoms with Gasteiger partial charge in [0.2, 0.25) is 0 Å². The molecule has 3 aromatic rings. The highest BCUT2D eigenvalue weighted by Gasteiger charge is 2.42. The number of fused-ring (bicyclic) bond motifs is 1. The first kappa shape index (κ1) is 13.1. The van der Waals surface area contributed by atoms with Gasteiger partial charge in [-0.3, -0.25) is 0 Å². The lowest BCUT2D eigenvalue weighted by atomic mass is 10.0. The number of H-pyrrole nitrogens is 1. The van der Waals surface area contributed by atoms with Gasteiger partial charge in [-0.2, -0.15) is 0 Å².